The monoisotopic (exact) mass is 337 g/mol. The molecule has 1 amide bonds. The van der Waals surface area contributed by atoms with E-state index >= 15 is 0 Å². The molecule has 3 heteroatoms. The number of carbonyl (C=O) groups excluding carboxylic acids is 1. The average Bonchev–Trinajstić information content (AvgIpc) is 2.18. The first-order valence-corrected chi connectivity index (χ1v) is 7.79. The number of amides is 1. The molecule has 0 aromatic rings. The van der Waals surface area contributed by atoms with Gasteiger partial charge < -0.3 is 4.90 Å². The highest BCUT2D eigenvalue weighted by Crippen LogP contribution is 2.32. The van der Waals surface area contributed by atoms with Crippen LogP contribution in [0.3, 0.4) is 0 Å². The molecule has 1 rings (SSSR count). The first-order valence-electron chi connectivity index (χ1n) is 6.26. The lowest BCUT2D eigenvalue weighted by molar-refractivity contribution is -0.142. The van der Waals surface area contributed by atoms with Gasteiger partial charge in [-0.2, -0.15) is 0 Å². The Bertz CT molecular complexity index is 247. The van der Waals surface area contributed by atoms with Crippen molar-refractivity contribution >= 4 is 28.5 Å². The van der Waals surface area contributed by atoms with Gasteiger partial charge in [0.15, 0.2) is 0 Å². The minimum Gasteiger partial charge on any atom is -0.338 e. The van der Waals surface area contributed by atoms with E-state index in [0.717, 1.165) is 17.4 Å². The van der Waals surface area contributed by atoms with Crippen LogP contribution in [-0.2, 0) is 4.79 Å². The van der Waals surface area contributed by atoms with Crippen LogP contribution in [0.1, 0.15) is 47.0 Å². The highest BCUT2D eigenvalue weighted by atomic mass is 127. The minimum absolute atomic E-state index is 0.0146. The van der Waals surface area contributed by atoms with E-state index in [1.54, 1.807) is 0 Å². The fourth-order valence-corrected chi connectivity index (χ4v) is 3.54. The zero-order valence-corrected chi connectivity index (χ0v) is 13.1. The quantitative estimate of drug-likeness (QED) is 0.570. The molecule has 2 unspecified atom stereocenters. The molecule has 16 heavy (non-hydrogen) atoms. The molecule has 0 N–H and O–H groups in total. The zero-order valence-electron chi connectivity index (χ0n) is 10.9. The second-order valence-electron chi connectivity index (χ2n) is 5.84. The summed E-state index contributed by atoms with van der Waals surface area (Å²) in [6.07, 6.45) is 3.24. The van der Waals surface area contributed by atoms with Crippen molar-refractivity contribution in [1.29, 1.82) is 0 Å². The van der Waals surface area contributed by atoms with Crippen molar-refractivity contribution in [2.45, 2.75) is 52.5 Å². The molecule has 94 valence electrons. The zero-order chi connectivity index (χ0) is 12.3. The van der Waals surface area contributed by atoms with Gasteiger partial charge in [-0.3, -0.25) is 4.79 Å². The van der Waals surface area contributed by atoms with Gasteiger partial charge in [0.25, 0.3) is 0 Å². The molecule has 0 radical (unpaired) electrons. The highest BCUT2D eigenvalue weighted by Gasteiger charge is 2.37. The Labute approximate surface area is 113 Å². The van der Waals surface area contributed by atoms with Crippen LogP contribution in [-0.4, -0.2) is 27.3 Å². The molecule has 1 fully saturated rings. The van der Waals surface area contributed by atoms with Gasteiger partial charge in [-0.05, 0) is 39.0 Å². The molecule has 2 atom stereocenters. The van der Waals surface area contributed by atoms with E-state index in [0.29, 0.717) is 17.7 Å². The van der Waals surface area contributed by atoms with E-state index in [-0.39, 0.29) is 5.54 Å². The number of nitrogens with zero attached hydrogens (tertiary/aromatic N) is 1. The van der Waals surface area contributed by atoms with E-state index in [1.165, 1.54) is 12.8 Å². The fourth-order valence-electron chi connectivity index (χ4n) is 2.51. The van der Waals surface area contributed by atoms with Crippen LogP contribution >= 0.6 is 22.6 Å². The van der Waals surface area contributed by atoms with Gasteiger partial charge in [0.1, 0.15) is 0 Å². The Balaban J connectivity index is 2.75. The molecule has 0 aromatic carbocycles. The molecular weight excluding hydrogens is 313 g/mol. The molecule has 0 bridgehead atoms. The first kappa shape index (κ1) is 14.3. The van der Waals surface area contributed by atoms with E-state index in [2.05, 4.69) is 55.2 Å². The number of rotatable bonds is 3. The predicted molar refractivity (Wildman–Crippen MR) is 76.9 cm³/mol. The number of likely N-dealkylation sites (tertiary alicyclic amines) is 1. The smallest absolute Gasteiger partial charge is 0.223 e. The molecule has 0 aromatic heterocycles. The summed E-state index contributed by atoms with van der Waals surface area (Å²) in [5.41, 5.74) is -0.0146. The van der Waals surface area contributed by atoms with Gasteiger partial charge in [0.05, 0.1) is 0 Å². The van der Waals surface area contributed by atoms with Gasteiger partial charge in [-0.15, -0.1) is 0 Å². The van der Waals surface area contributed by atoms with Gasteiger partial charge in [-0.1, -0.05) is 35.9 Å². The number of halogens is 1. The second kappa shape index (κ2) is 5.69. The van der Waals surface area contributed by atoms with Gasteiger partial charge >= 0.3 is 0 Å². The summed E-state index contributed by atoms with van der Waals surface area (Å²) in [7, 11) is 0. The summed E-state index contributed by atoms with van der Waals surface area (Å²) >= 11 is 2.43. The third-order valence-corrected chi connectivity index (χ3v) is 4.62. The molecule has 0 spiro atoms. The third-order valence-electron chi connectivity index (χ3n) is 3.49. The van der Waals surface area contributed by atoms with Crippen LogP contribution in [0.4, 0.5) is 0 Å². The Hall–Kier alpha value is 0.200. The Kier molecular flexibility index (Phi) is 5.08. The largest absolute Gasteiger partial charge is 0.338 e. The molecule has 2 nitrogen and oxygen atoms in total. The number of hydrogen-bond donors (Lipinski definition) is 0. The molecule has 1 aliphatic rings. The summed E-state index contributed by atoms with van der Waals surface area (Å²) in [6, 6.07) is 0. The van der Waals surface area contributed by atoms with Crippen LogP contribution < -0.4 is 0 Å². The normalized spacial score (nSPS) is 27.3. The molecule has 1 saturated heterocycles. The van der Waals surface area contributed by atoms with E-state index in [4.69, 9.17) is 0 Å². The lowest BCUT2D eigenvalue weighted by Gasteiger charge is -2.44. The number of carbonyl (C=O) groups is 1. The van der Waals surface area contributed by atoms with Crippen molar-refractivity contribution in [1.82, 2.24) is 4.90 Å². The molecular formula is C13H24INO. The van der Waals surface area contributed by atoms with Crippen molar-refractivity contribution in [3.8, 4) is 0 Å². The Morgan fingerprint density at radius 2 is 2.00 bits per heavy atom. The summed E-state index contributed by atoms with van der Waals surface area (Å²) in [6.45, 7) is 9.61. The Morgan fingerprint density at radius 3 is 2.44 bits per heavy atom. The van der Waals surface area contributed by atoms with Crippen molar-refractivity contribution in [3.63, 3.8) is 0 Å². The van der Waals surface area contributed by atoms with Gasteiger partial charge in [0.2, 0.25) is 5.91 Å². The maximum absolute atomic E-state index is 12.1. The summed E-state index contributed by atoms with van der Waals surface area (Å²) in [5.74, 6) is 1.66. The maximum Gasteiger partial charge on any atom is 0.223 e. The van der Waals surface area contributed by atoms with Crippen LogP contribution in [0, 0.1) is 11.8 Å². The van der Waals surface area contributed by atoms with Crippen LogP contribution in [0.2, 0.25) is 0 Å². The molecule has 0 saturated carbocycles. The molecule has 1 aliphatic heterocycles. The number of hydrogen-bond acceptors (Lipinski definition) is 1. The second-order valence-corrected chi connectivity index (χ2v) is 6.72. The van der Waals surface area contributed by atoms with E-state index in [9.17, 15) is 4.79 Å². The standard InChI is InChI=1S/C13H24INO/c1-5-6-10-9-15(13(2,3)4)12(16)7-11(10)8-14/h10-11H,5-9H2,1-4H3. The predicted octanol–water partition coefficient (Wildman–Crippen LogP) is 3.48. The lowest BCUT2D eigenvalue weighted by atomic mass is 9.82. The summed E-state index contributed by atoms with van der Waals surface area (Å²) < 4.78 is 1.12. The van der Waals surface area contributed by atoms with E-state index in [1.807, 2.05) is 0 Å². The first-order chi connectivity index (χ1) is 7.40. The average molecular weight is 337 g/mol. The van der Waals surface area contributed by atoms with Crippen LogP contribution in [0.5, 0.6) is 0 Å². The number of piperidine rings is 1. The summed E-state index contributed by atoms with van der Waals surface area (Å²) in [4.78, 5) is 14.2. The maximum atomic E-state index is 12.1. The highest BCUT2D eigenvalue weighted by molar-refractivity contribution is 14.1. The van der Waals surface area contributed by atoms with Crippen LogP contribution in [0.15, 0.2) is 0 Å². The topological polar surface area (TPSA) is 20.3 Å². The fraction of sp³-hybridized carbons (Fsp3) is 0.923. The minimum atomic E-state index is -0.0146. The molecule has 0 aliphatic carbocycles. The Morgan fingerprint density at radius 1 is 1.38 bits per heavy atom. The third kappa shape index (κ3) is 3.34. The SMILES string of the molecule is CCCC1CN(C(C)(C)C)C(=O)CC1CI. The van der Waals surface area contributed by atoms with E-state index < -0.39 is 0 Å². The van der Waals surface area contributed by atoms with Crippen molar-refractivity contribution in [3.05, 3.63) is 0 Å². The van der Waals surface area contributed by atoms with Gasteiger partial charge in [0, 0.05) is 22.9 Å². The number of alkyl halides is 1. The summed E-state index contributed by atoms with van der Waals surface area (Å²) in [5, 5.41) is 0. The molecule has 1 heterocycles. The van der Waals surface area contributed by atoms with Crippen molar-refractivity contribution in [2.24, 2.45) is 11.8 Å². The van der Waals surface area contributed by atoms with Crippen LogP contribution in [0.25, 0.3) is 0 Å². The lowest BCUT2D eigenvalue weighted by Crippen LogP contribution is -2.53. The van der Waals surface area contributed by atoms with Crippen molar-refractivity contribution < 1.29 is 4.79 Å². The van der Waals surface area contributed by atoms with Crippen molar-refractivity contribution in [2.75, 3.05) is 11.0 Å². The van der Waals surface area contributed by atoms with Gasteiger partial charge in [-0.25, -0.2) is 0 Å².